The Balaban J connectivity index is 0.000000344. The minimum atomic E-state index is -5.62. The quantitative estimate of drug-likeness (QED) is 0.568. The number of halogens is 2. The highest BCUT2D eigenvalue weighted by Crippen LogP contribution is 2.20. The first-order chi connectivity index (χ1) is 8.40. The first-order valence-electron chi connectivity index (χ1n) is 5.40. The van der Waals surface area contributed by atoms with Gasteiger partial charge in [-0.2, -0.15) is 0 Å². The molecule has 1 saturated heterocycles. The standard InChI is InChI=1S/C8H18NO.F2NO4S2/c1-8(10-3)9(2)6-4-5-7-9;1-8(4,5)3-9(2,6)7/h8H,4-7H2,1-3H3;/q+1;-1. The summed E-state index contributed by atoms with van der Waals surface area (Å²) in [6.07, 6.45) is 3.11. The van der Waals surface area contributed by atoms with Gasteiger partial charge in [0.2, 0.25) is 20.8 Å². The van der Waals surface area contributed by atoms with Gasteiger partial charge in [0.25, 0.3) is 0 Å². The smallest absolute Gasteiger partial charge is 0.241 e. The van der Waals surface area contributed by atoms with Crippen LogP contribution in [0.4, 0.5) is 7.77 Å². The molecule has 11 heteroatoms. The van der Waals surface area contributed by atoms with E-state index in [1.54, 1.807) is 7.11 Å². The molecule has 1 unspecified atom stereocenters. The molecule has 0 aromatic rings. The van der Waals surface area contributed by atoms with Gasteiger partial charge in [-0.05, 0) is 0 Å². The molecular weight excluding hydrogens is 306 g/mol. The number of nitrogens with zero attached hydrogens (tertiary/aromatic N) is 2. The minimum absolute atomic E-state index is 0.377. The second-order valence-corrected chi connectivity index (χ2v) is 6.61. The maximum absolute atomic E-state index is 11.1. The second-order valence-electron chi connectivity index (χ2n) is 4.37. The molecule has 0 amide bonds. The lowest BCUT2D eigenvalue weighted by atomic mass is 10.4. The molecule has 0 bridgehead atoms. The molecule has 19 heavy (non-hydrogen) atoms. The fourth-order valence-corrected chi connectivity index (χ4v) is 2.63. The topological polar surface area (TPSA) is 91.6 Å². The van der Waals surface area contributed by atoms with E-state index < -0.39 is 20.8 Å². The van der Waals surface area contributed by atoms with Gasteiger partial charge >= 0.3 is 0 Å². The normalized spacial score (nSPS) is 20.5. The summed E-state index contributed by atoms with van der Waals surface area (Å²) in [5.74, 6) is 0. The predicted molar refractivity (Wildman–Crippen MR) is 65.0 cm³/mol. The number of rotatable bonds is 4. The van der Waals surface area contributed by atoms with Gasteiger partial charge in [0.15, 0.2) is 6.23 Å². The van der Waals surface area contributed by atoms with Crippen molar-refractivity contribution in [3.8, 4) is 0 Å². The van der Waals surface area contributed by atoms with Gasteiger partial charge in [0, 0.05) is 26.9 Å². The maximum atomic E-state index is 11.1. The van der Waals surface area contributed by atoms with Crippen molar-refractivity contribution in [2.45, 2.75) is 26.0 Å². The summed E-state index contributed by atoms with van der Waals surface area (Å²) in [5, 5.41) is 0. The van der Waals surface area contributed by atoms with E-state index in [1.807, 2.05) is 0 Å². The highest BCUT2D eigenvalue weighted by Gasteiger charge is 2.32. The van der Waals surface area contributed by atoms with E-state index in [1.165, 1.54) is 25.9 Å². The Morgan fingerprint density at radius 3 is 1.68 bits per heavy atom. The molecule has 1 atom stereocenters. The van der Waals surface area contributed by atoms with E-state index in [9.17, 15) is 24.6 Å². The Morgan fingerprint density at radius 1 is 1.11 bits per heavy atom. The lowest BCUT2D eigenvalue weighted by molar-refractivity contribution is -0.941. The lowest BCUT2D eigenvalue weighted by Gasteiger charge is -2.34. The van der Waals surface area contributed by atoms with Crippen molar-refractivity contribution in [3.63, 3.8) is 0 Å². The molecule has 0 spiro atoms. The zero-order valence-electron chi connectivity index (χ0n) is 10.9. The van der Waals surface area contributed by atoms with Crippen LogP contribution in [-0.4, -0.2) is 54.8 Å². The molecule has 0 N–H and O–H groups in total. The highest BCUT2D eigenvalue weighted by molar-refractivity contribution is 8.07. The zero-order valence-corrected chi connectivity index (χ0v) is 12.5. The molecule has 1 fully saturated rings. The first-order valence-corrected chi connectivity index (χ1v) is 8.08. The van der Waals surface area contributed by atoms with Crippen molar-refractivity contribution in [2.24, 2.45) is 0 Å². The number of hydrogen-bond donors (Lipinski definition) is 0. The largest absolute Gasteiger partial charge is 0.379 e. The number of ether oxygens (including phenoxy) is 1. The molecule has 0 aromatic heterocycles. The van der Waals surface area contributed by atoms with Crippen molar-refractivity contribution in [2.75, 3.05) is 27.2 Å². The molecule has 0 radical (unpaired) electrons. The van der Waals surface area contributed by atoms with Crippen LogP contribution >= 0.6 is 0 Å². The molecule has 1 heterocycles. The molecule has 116 valence electrons. The Bertz CT molecular complexity index is 443. The Kier molecular flexibility index (Phi) is 6.75. The van der Waals surface area contributed by atoms with Crippen LogP contribution in [-0.2, 0) is 25.6 Å². The van der Waals surface area contributed by atoms with Crippen molar-refractivity contribution in [3.05, 3.63) is 4.13 Å². The fraction of sp³-hybridized carbons (Fsp3) is 1.00. The maximum Gasteiger partial charge on any atom is 0.241 e. The minimum Gasteiger partial charge on any atom is -0.379 e. The molecule has 1 rings (SSSR count). The van der Waals surface area contributed by atoms with Crippen LogP contribution in [0.3, 0.4) is 0 Å². The van der Waals surface area contributed by atoms with Crippen LogP contribution < -0.4 is 0 Å². The van der Waals surface area contributed by atoms with Gasteiger partial charge in [-0.3, -0.25) is 0 Å². The summed E-state index contributed by atoms with van der Waals surface area (Å²) in [6.45, 7) is 4.73. The van der Waals surface area contributed by atoms with E-state index in [2.05, 4.69) is 14.0 Å². The Morgan fingerprint density at radius 2 is 1.47 bits per heavy atom. The van der Waals surface area contributed by atoms with Crippen LogP contribution in [0.15, 0.2) is 0 Å². The molecular formula is C8H18F2N2O5S2. The van der Waals surface area contributed by atoms with Gasteiger partial charge in [-0.1, -0.05) is 0 Å². The summed E-state index contributed by atoms with van der Waals surface area (Å²) in [7, 11) is -7.16. The molecule has 1 aliphatic heterocycles. The van der Waals surface area contributed by atoms with E-state index in [0.717, 1.165) is 8.61 Å². The summed E-state index contributed by atoms with van der Waals surface area (Å²) in [5.41, 5.74) is 0. The van der Waals surface area contributed by atoms with Crippen molar-refractivity contribution >= 4 is 20.8 Å². The van der Waals surface area contributed by atoms with Crippen LogP contribution in [0.1, 0.15) is 19.8 Å². The summed E-state index contributed by atoms with van der Waals surface area (Å²) >= 11 is 0. The van der Waals surface area contributed by atoms with Gasteiger partial charge in [-0.25, -0.2) is 16.8 Å². The van der Waals surface area contributed by atoms with Crippen molar-refractivity contribution in [1.82, 2.24) is 0 Å². The van der Waals surface area contributed by atoms with E-state index in [4.69, 9.17) is 4.74 Å². The zero-order chi connectivity index (χ0) is 15.3. The summed E-state index contributed by atoms with van der Waals surface area (Å²) in [6, 6.07) is 0. The molecule has 0 aromatic carbocycles. The molecule has 1 aliphatic rings. The first kappa shape index (κ1) is 18.6. The number of hydrogen-bond acceptors (Lipinski definition) is 5. The van der Waals surface area contributed by atoms with Gasteiger partial charge in [0.1, 0.15) is 0 Å². The Hall–Kier alpha value is -0.360. The molecule has 0 aliphatic carbocycles. The highest BCUT2D eigenvalue weighted by atomic mass is 32.3. The van der Waals surface area contributed by atoms with E-state index in [0.29, 0.717) is 6.23 Å². The summed E-state index contributed by atoms with van der Waals surface area (Å²) in [4.78, 5) is 0. The monoisotopic (exact) mass is 324 g/mol. The van der Waals surface area contributed by atoms with E-state index >= 15 is 0 Å². The average molecular weight is 324 g/mol. The average Bonchev–Trinajstić information content (AvgIpc) is 2.60. The second kappa shape index (κ2) is 6.88. The van der Waals surface area contributed by atoms with Gasteiger partial charge in [0.05, 0.1) is 20.1 Å². The third-order valence-corrected chi connectivity index (χ3v) is 4.41. The SMILES string of the molecule is COC(C)[N+]1(C)CCCC1.O=S(=O)(F)[N-]S(=O)(=O)F. The molecule has 0 saturated carbocycles. The van der Waals surface area contributed by atoms with Gasteiger partial charge in [-0.15, -0.1) is 7.77 Å². The van der Waals surface area contributed by atoms with Crippen LogP contribution in [0.5, 0.6) is 0 Å². The third-order valence-electron chi connectivity index (χ3n) is 2.98. The fourth-order valence-electron chi connectivity index (χ4n) is 1.78. The number of quaternary nitrogens is 1. The third kappa shape index (κ3) is 8.42. The van der Waals surface area contributed by atoms with Crippen LogP contribution in [0.2, 0.25) is 0 Å². The van der Waals surface area contributed by atoms with Gasteiger partial charge < -0.3 is 13.3 Å². The summed E-state index contributed by atoms with van der Waals surface area (Å²) < 4.78 is 66.5. The Labute approximate surface area is 112 Å². The van der Waals surface area contributed by atoms with Crippen LogP contribution in [0.25, 0.3) is 4.13 Å². The van der Waals surface area contributed by atoms with Crippen molar-refractivity contribution in [1.29, 1.82) is 0 Å². The lowest BCUT2D eigenvalue weighted by Crippen LogP contribution is -2.49. The number of methoxy groups -OCH3 is 1. The molecule has 7 nitrogen and oxygen atoms in total. The van der Waals surface area contributed by atoms with Crippen molar-refractivity contribution < 1.29 is 33.8 Å². The van der Waals surface area contributed by atoms with Crippen LogP contribution in [0, 0.1) is 0 Å². The van der Waals surface area contributed by atoms with E-state index in [-0.39, 0.29) is 0 Å². The number of likely N-dealkylation sites (tertiary alicyclic amines) is 1. The predicted octanol–water partition coefficient (Wildman–Crippen LogP) is 1.01.